The van der Waals surface area contributed by atoms with E-state index in [4.69, 9.17) is 11.6 Å². The Morgan fingerprint density at radius 2 is 1.91 bits per heavy atom. The van der Waals surface area contributed by atoms with Gasteiger partial charge in [-0.25, -0.2) is 0 Å². The Kier molecular flexibility index (Phi) is 4.62. The van der Waals surface area contributed by atoms with E-state index >= 15 is 0 Å². The van der Waals surface area contributed by atoms with Crippen molar-refractivity contribution in [1.29, 1.82) is 0 Å². The minimum Gasteiger partial charge on any atom is -0.329 e. The second-order valence-corrected chi connectivity index (χ2v) is 7.05. The van der Waals surface area contributed by atoms with Crippen LogP contribution in [-0.4, -0.2) is 35.8 Å². The normalized spacial score (nSPS) is 22.7. The molecule has 1 aromatic rings. The smallest absolute Gasteiger partial charge is 0.249 e. The van der Waals surface area contributed by atoms with Crippen molar-refractivity contribution >= 4 is 29.1 Å². The Balaban J connectivity index is 1.78. The van der Waals surface area contributed by atoms with Crippen molar-refractivity contribution in [3.63, 3.8) is 0 Å². The summed E-state index contributed by atoms with van der Waals surface area (Å²) in [7, 11) is 0. The summed E-state index contributed by atoms with van der Waals surface area (Å²) in [5.74, 6) is 0.253. The number of carbonyl (C=O) groups is 2. The Bertz CT molecular complexity index is 625. The van der Waals surface area contributed by atoms with Gasteiger partial charge in [0, 0.05) is 29.7 Å². The standard InChI is InChI=1S/C18H23ClN2O2/c1-12-7-8-15(19)11-16(12)21-10-9-20(13(2)17(21)22)18(23)14-5-3-4-6-14/h7-8,11,13-14H,3-6,9-10H2,1-2H3. The van der Waals surface area contributed by atoms with Crippen LogP contribution in [0.15, 0.2) is 18.2 Å². The van der Waals surface area contributed by atoms with E-state index in [1.54, 1.807) is 9.80 Å². The highest BCUT2D eigenvalue weighted by atomic mass is 35.5. The molecule has 0 aromatic heterocycles. The summed E-state index contributed by atoms with van der Waals surface area (Å²) in [6.45, 7) is 4.93. The molecule has 2 amide bonds. The maximum absolute atomic E-state index is 12.8. The molecule has 0 radical (unpaired) electrons. The number of benzene rings is 1. The third-order valence-corrected chi connectivity index (χ3v) is 5.34. The van der Waals surface area contributed by atoms with Gasteiger partial charge >= 0.3 is 0 Å². The number of nitrogens with zero attached hydrogens (tertiary/aromatic N) is 2. The van der Waals surface area contributed by atoms with Crippen LogP contribution in [0.4, 0.5) is 5.69 Å². The molecule has 1 unspecified atom stereocenters. The summed E-state index contributed by atoms with van der Waals surface area (Å²) in [5, 5.41) is 0.621. The van der Waals surface area contributed by atoms with Crippen molar-refractivity contribution < 1.29 is 9.59 Å². The Morgan fingerprint density at radius 3 is 2.61 bits per heavy atom. The lowest BCUT2D eigenvalue weighted by Crippen LogP contribution is -2.58. The summed E-state index contributed by atoms with van der Waals surface area (Å²) >= 11 is 6.08. The lowest BCUT2D eigenvalue weighted by Gasteiger charge is -2.40. The number of hydrogen-bond acceptors (Lipinski definition) is 2. The highest BCUT2D eigenvalue weighted by Crippen LogP contribution is 2.30. The van der Waals surface area contributed by atoms with E-state index in [1.165, 1.54) is 0 Å². The summed E-state index contributed by atoms with van der Waals surface area (Å²) in [4.78, 5) is 29.0. The van der Waals surface area contributed by atoms with Crippen LogP contribution in [0.5, 0.6) is 0 Å². The molecule has 0 spiro atoms. The van der Waals surface area contributed by atoms with E-state index in [0.29, 0.717) is 18.1 Å². The summed E-state index contributed by atoms with van der Waals surface area (Å²) in [6, 6.07) is 5.17. The molecule has 4 nitrogen and oxygen atoms in total. The van der Waals surface area contributed by atoms with Crippen molar-refractivity contribution in [3.8, 4) is 0 Å². The zero-order valence-electron chi connectivity index (χ0n) is 13.7. The molecule has 1 saturated carbocycles. The van der Waals surface area contributed by atoms with Gasteiger partial charge in [0.1, 0.15) is 6.04 Å². The van der Waals surface area contributed by atoms with Crippen LogP contribution in [0, 0.1) is 12.8 Å². The monoisotopic (exact) mass is 334 g/mol. The molecule has 1 atom stereocenters. The fourth-order valence-corrected chi connectivity index (χ4v) is 3.86. The zero-order chi connectivity index (χ0) is 16.6. The van der Waals surface area contributed by atoms with Gasteiger partial charge in [-0.3, -0.25) is 9.59 Å². The number of anilines is 1. The van der Waals surface area contributed by atoms with Crippen molar-refractivity contribution in [1.82, 2.24) is 4.90 Å². The van der Waals surface area contributed by atoms with Crippen LogP contribution in [0.2, 0.25) is 5.02 Å². The van der Waals surface area contributed by atoms with Gasteiger partial charge in [0.05, 0.1) is 0 Å². The van der Waals surface area contributed by atoms with Crippen molar-refractivity contribution in [2.24, 2.45) is 5.92 Å². The molecule has 1 aromatic carbocycles. The molecule has 1 aliphatic carbocycles. The van der Waals surface area contributed by atoms with Crippen LogP contribution in [0.3, 0.4) is 0 Å². The molecular formula is C18H23ClN2O2. The summed E-state index contributed by atoms with van der Waals surface area (Å²) in [5.41, 5.74) is 1.87. The fourth-order valence-electron chi connectivity index (χ4n) is 3.69. The molecule has 1 saturated heterocycles. The molecule has 0 N–H and O–H groups in total. The quantitative estimate of drug-likeness (QED) is 0.831. The Hall–Kier alpha value is -1.55. The third kappa shape index (κ3) is 3.09. The number of rotatable bonds is 2. The third-order valence-electron chi connectivity index (χ3n) is 5.10. The predicted molar refractivity (Wildman–Crippen MR) is 91.7 cm³/mol. The molecule has 23 heavy (non-hydrogen) atoms. The van der Waals surface area contributed by atoms with Crippen molar-refractivity contribution in [2.45, 2.75) is 45.6 Å². The number of piperazine rings is 1. The minimum absolute atomic E-state index is 0.0204. The largest absolute Gasteiger partial charge is 0.329 e. The molecule has 2 fully saturated rings. The van der Waals surface area contributed by atoms with Gasteiger partial charge in [-0.15, -0.1) is 0 Å². The van der Waals surface area contributed by atoms with Gasteiger partial charge < -0.3 is 9.80 Å². The first-order chi connectivity index (χ1) is 11.0. The van der Waals surface area contributed by atoms with Crippen LogP contribution in [0.1, 0.15) is 38.2 Å². The van der Waals surface area contributed by atoms with Crippen molar-refractivity contribution in [3.05, 3.63) is 28.8 Å². The topological polar surface area (TPSA) is 40.6 Å². The van der Waals surface area contributed by atoms with E-state index in [9.17, 15) is 9.59 Å². The minimum atomic E-state index is -0.407. The summed E-state index contributed by atoms with van der Waals surface area (Å²) in [6.07, 6.45) is 4.18. The molecule has 5 heteroatoms. The number of hydrogen-bond donors (Lipinski definition) is 0. The average Bonchev–Trinajstić information content (AvgIpc) is 3.06. The predicted octanol–water partition coefficient (Wildman–Crippen LogP) is 3.40. The lowest BCUT2D eigenvalue weighted by atomic mass is 10.0. The molecule has 124 valence electrons. The molecular weight excluding hydrogens is 312 g/mol. The highest BCUT2D eigenvalue weighted by Gasteiger charge is 2.38. The highest BCUT2D eigenvalue weighted by molar-refractivity contribution is 6.31. The number of amides is 2. The van der Waals surface area contributed by atoms with Crippen LogP contribution in [-0.2, 0) is 9.59 Å². The van der Waals surface area contributed by atoms with Gasteiger partial charge in [0.15, 0.2) is 0 Å². The van der Waals surface area contributed by atoms with Crippen LogP contribution >= 0.6 is 11.6 Å². The van der Waals surface area contributed by atoms with Gasteiger partial charge in [0.25, 0.3) is 0 Å². The summed E-state index contributed by atoms with van der Waals surface area (Å²) < 4.78 is 0. The molecule has 1 heterocycles. The number of aryl methyl sites for hydroxylation is 1. The van der Waals surface area contributed by atoms with E-state index in [1.807, 2.05) is 32.0 Å². The maximum Gasteiger partial charge on any atom is 0.249 e. The molecule has 1 aliphatic heterocycles. The molecule has 3 rings (SSSR count). The van der Waals surface area contributed by atoms with E-state index in [2.05, 4.69) is 0 Å². The van der Waals surface area contributed by atoms with Gasteiger partial charge in [-0.05, 0) is 44.4 Å². The van der Waals surface area contributed by atoms with Gasteiger partial charge in [-0.2, -0.15) is 0 Å². The van der Waals surface area contributed by atoms with Crippen LogP contribution in [0.25, 0.3) is 0 Å². The zero-order valence-corrected chi connectivity index (χ0v) is 14.5. The average molecular weight is 335 g/mol. The first-order valence-corrected chi connectivity index (χ1v) is 8.75. The first kappa shape index (κ1) is 16.3. The molecule has 0 bridgehead atoms. The number of halogens is 1. The van der Waals surface area contributed by atoms with E-state index in [0.717, 1.165) is 36.9 Å². The fraction of sp³-hybridized carbons (Fsp3) is 0.556. The SMILES string of the molecule is Cc1ccc(Cl)cc1N1CCN(C(=O)C2CCCC2)C(C)C1=O. The van der Waals surface area contributed by atoms with Gasteiger partial charge in [0.2, 0.25) is 11.8 Å². The second kappa shape index (κ2) is 6.52. The Morgan fingerprint density at radius 1 is 1.22 bits per heavy atom. The van der Waals surface area contributed by atoms with E-state index < -0.39 is 6.04 Å². The van der Waals surface area contributed by atoms with E-state index in [-0.39, 0.29) is 17.7 Å². The van der Waals surface area contributed by atoms with Crippen LogP contribution < -0.4 is 4.90 Å². The first-order valence-electron chi connectivity index (χ1n) is 8.37. The lowest BCUT2D eigenvalue weighted by molar-refractivity contribution is -0.143. The number of carbonyl (C=O) groups excluding carboxylic acids is 2. The Labute approximate surface area is 142 Å². The molecule has 2 aliphatic rings. The van der Waals surface area contributed by atoms with Gasteiger partial charge in [-0.1, -0.05) is 30.5 Å². The second-order valence-electron chi connectivity index (χ2n) is 6.61. The maximum atomic E-state index is 12.8. The van der Waals surface area contributed by atoms with Crippen molar-refractivity contribution in [2.75, 3.05) is 18.0 Å².